The van der Waals surface area contributed by atoms with E-state index in [1.165, 1.54) is 28.6 Å². The minimum absolute atomic E-state index is 0.275. The van der Waals surface area contributed by atoms with E-state index in [-0.39, 0.29) is 23.7 Å². The van der Waals surface area contributed by atoms with Crippen LogP contribution in [0.2, 0.25) is 0 Å². The summed E-state index contributed by atoms with van der Waals surface area (Å²) in [4.78, 5) is 23.1. The zero-order chi connectivity index (χ0) is 25.5. The summed E-state index contributed by atoms with van der Waals surface area (Å²) in [6.07, 6.45) is 1.62. The van der Waals surface area contributed by atoms with Crippen LogP contribution in [0.1, 0.15) is 62.8 Å². The van der Waals surface area contributed by atoms with Crippen LogP contribution in [0.4, 0.5) is 5.69 Å². The van der Waals surface area contributed by atoms with E-state index in [1.54, 1.807) is 39.0 Å². The Kier molecular flexibility index (Phi) is 6.42. The number of para-hydroxylation sites is 1. The van der Waals surface area contributed by atoms with Crippen LogP contribution in [0.15, 0.2) is 47.4 Å². The number of aryl methyl sites for hydroxylation is 1. The summed E-state index contributed by atoms with van der Waals surface area (Å²) in [5, 5.41) is 20.9. The molecule has 1 unspecified atom stereocenters. The molecule has 35 heavy (non-hydrogen) atoms. The van der Waals surface area contributed by atoms with Crippen LogP contribution in [0.5, 0.6) is 0 Å². The highest BCUT2D eigenvalue weighted by Gasteiger charge is 2.49. The largest absolute Gasteiger partial charge is 0.460 e. The number of rotatable bonds is 6. The average Bonchev–Trinajstić information content (AvgIpc) is 3.16. The molecular weight excluding hydrogens is 470 g/mol. The molecule has 0 saturated heterocycles. The summed E-state index contributed by atoms with van der Waals surface area (Å²) in [6, 6.07) is 11.5. The molecule has 2 aromatic rings. The van der Waals surface area contributed by atoms with Crippen molar-refractivity contribution in [3.05, 3.63) is 69.3 Å². The van der Waals surface area contributed by atoms with E-state index in [1.807, 2.05) is 0 Å². The molecule has 2 aliphatic rings. The molecule has 0 aliphatic heterocycles. The predicted molar refractivity (Wildman–Crippen MR) is 127 cm³/mol. The standard InChI is InChI=1S/C25H27N3O6S/c1-25(2,3)34-24(29)18-13-19(14-18)27(21-11-9-17-12-16(15-26)8-10-20(17)21)35(32,33)23-7-5-4-6-22(23)28(30)31/h4-8,10,12,18-19,21H,9,11,13-14H2,1-3H3. The van der Waals surface area contributed by atoms with Crippen molar-refractivity contribution in [1.82, 2.24) is 4.31 Å². The third-order valence-corrected chi connectivity index (χ3v) is 8.46. The van der Waals surface area contributed by atoms with E-state index in [2.05, 4.69) is 6.07 Å². The first kappa shape index (κ1) is 24.8. The summed E-state index contributed by atoms with van der Waals surface area (Å²) in [5.41, 5.74) is 1.03. The molecule has 0 radical (unpaired) electrons. The van der Waals surface area contributed by atoms with Gasteiger partial charge in [-0.05, 0) is 75.8 Å². The number of hydrogen-bond acceptors (Lipinski definition) is 7. The number of fused-ring (bicyclic) bond motifs is 1. The van der Waals surface area contributed by atoms with Crippen molar-refractivity contribution in [1.29, 1.82) is 5.26 Å². The smallest absolute Gasteiger partial charge is 0.309 e. The van der Waals surface area contributed by atoms with Gasteiger partial charge in [0.2, 0.25) is 0 Å². The van der Waals surface area contributed by atoms with E-state index >= 15 is 0 Å². The molecule has 2 aliphatic carbocycles. The minimum atomic E-state index is -4.29. The lowest BCUT2D eigenvalue weighted by atomic mass is 9.79. The van der Waals surface area contributed by atoms with Crippen LogP contribution >= 0.6 is 0 Å². The number of carbonyl (C=O) groups excluding carboxylic acids is 1. The monoisotopic (exact) mass is 497 g/mol. The van der Waals surface area contributed by atoms with Crippen molar-refractivity contribution >= 4 is 21.7 Å². The molecule has 2 aromatic carbocycles. The molecule has 1 saturated carbocycles. The van der Waals surface area contributed by atoms with Crippen LogP contribution in [0.3, 0.4) is 0 Å². The van der Waals surface area contributed by atoms with Gasteiger partial charge in [0.15, 0.2) is 4.90 Å². The van der Waals surface area contributed by atoms with E-state index < -0.39 is 44.2 Å². The molecule has 4 rings (SSSR count). The molecule has 0 spiro atoms. The molecule has 0 aromatic heterocycles. The van der Waals surface area contributed by atoms with Crippen LogP contribution in [0, 0.1) is 27.4 Å². The maximum atomic E-state index is 14.0. The fourth-order valence-corrected chi connectivity index (χ4v) is 6.86. The van der Waals surface area contributed by atoms with E-state index in [0.29, 0.717) is 18.4 Å². The number of nitro benzene ring substituents is 1. The minimum Gasteiger partial charge on any atom is -0.460 e. The fourth-order valence-electron chi connectivity index (χ4n) is 4.86. The molecule has 1 fully saturated rings. The molecule has 0 bridgehead atoms. The van der Waals surface area contributed by atoms with Gasteiger partial charge in [0.05, 0.1) is 28.5 Å². The number of benzene rings is 2. The van der Waals surface area contributed by atoms with Gasteiger partial charge in [-0.2, -0.15) is 9.57 Å². The van der Waals surface area contributed by atoms with Crippen molar-refractivity contribution in [2.75, 3.05) is 0 Å². The number of ether oxygens (including phenoxy) is 1. The van der Waals surface area contributed by atoms with E-state index in [0.717, 1.165) is 11.1 Å². The van der Waals surface area contributed by atoms with E-state index in [4.69, 9.17) is 4.74 Å². The lowest BCUT2D eigenvalue weighted by molar-refractivity contribution is -0.387. The topological polar surface area (TPSA) is 131 Å². The molecule has 0 heterocycles. The van der Waals surface area contributed by atoms with Crippen molar-refractivity contribution in [3.8, 4) is 6.07 Å². The maximum absolute atomic E-state index is 14.0. The molecule has 1 atom stereocenters. The zero-order valence-electron chi connectivity index (χ0n) is 19.8. The van der Waals surface area contributed by atoms with Gasteiger partial charge in [0.1, 0.15) is 5.60 Å². The Morgan fingerprint density at radius 1 is 1.20 bits per heavy atom. The average molecular weight is 498 g/mol. The highest BCUT2D eigenvalue weighted by atomic mass is 32.2. The summed E-state index contributed by atoms with van der Waals surface area (Å²) >= 11 is 0. The molecule has 0 amide bonds. The van der Waals surface area contributed by atoms with Gasteiger partial charge >= 0.3 is 5.97 Å². The quantitative estimate of drug-likeness (QED) is 0.331. The third-order valence-electron chi connectivity index (χ3n) is 6.46. The Hall–Kier alpha value is -3.29. The summed E-state index contributed by atoms with van der Waals surface area (Å²) in [6.45, 7) is 5.33. The van der Waals surface area contributed by atoms with Crippen molar-refractivity contribution in [2.24, 2.45) is 5.92 Å². The summed E-state index contributed by atoms with van der Waals surface area (Å²) in [7, 11) is -4.29. The van der Waals surface area contributed by atoms with Gasteiger partial charge in [-0.3, -0.25) is 14.9 Å². The molecular formula is C25H27N3O6S. The number of sulfonamides is 1. The Morgan fingerprint density at radius 3 is 2.51 bits per heavy atom. The number of nitrogens with zero attached hydrogens (tertiary/aromatic N) is 3. The fraction of sp³-hybridized carbons (Fsp3) is 0.440. The van der Waals surface area contributed by atoms with Crippen molar-refractivity contribution in [3.63, 3.8) is 0 Å². The van der Waals surface area contributed by atoms with Crippen LogP contribution in [-0.4, -0.2) is 35.3 Å². The van der Waals surface area contributed by atoms with Crippen molar-refractivity contribution < 1.29 is 22.9 Å². The number of nitro groups is 1. The predicted octanol–water partition coefficient (Wildman–Crippen LogP) is 4.26. The van der Waals surface area contributed by atoms with Gasteiger partial charge in [0, 0.05) is 12.1 Å². The first-order valence-electron chi connectivity index (χ1n) is 11.4. The maximum Gasteiger partial charge on any atom is 0.309 e. The first-order chi connectivity index (χ1) is 16.4. The lowest BCUT2D eigenvalue weighted by Gasteiger charge is -2.44. The van der Waals surface area contributed by atoms with Gasteiger partial charge in [0.25, 0.3) is 15.7 Å². The molecule has 10 heteroatoms. The number of esters is 1. The highest BCUT2D eigenvalue weighted by Crippen LogP contribution is 2.46. The highest BCUT2D eigenvalue weighted by molar-refractivity contribution is 7.89. The summed E-state index contributed by atoms with van der Waals surface area (Å²) in [5.74, 6) is -0.813. The van der Waals surface area contributed by atoms with Gasteiger partial charge in [-0.15, -0.1) is 0 Å². The Labute approximate surface area is 204 Å². The molecule has 184 valence electrons. The van der Waals surface area contributed by atoms with Gasteiger partial charge < -0.3 is 4.74 Å². The normalized spacial score (nSPS) is 21.6. The van der Waals surface area contributed by atoms with Crippen LogP contribution < -0.4 is 0 Å². The Bertz CT molecular complexity index is 1320. The lowest BCUT2D eigenvalue weighted by Crippen LogP contribution is -2.51. The van der Waals surface area contributed by atoms with Gasteiger partial charge in [-0.25, -0.2) is 8.42 Å². The first-order valence-corrected chi connectivity index (χ1v) is 12.9. The second kappa shape index (κ2) is 9.06. The Balaban J connectivity index is 1.72. The second-order valence-corrected chi connectivity index (χ2v) is 11.8. The summed E-state index contributed by atoms with van der Waals surface area (Å²) < 4.78 is 34.8. The number of hydrogen-bond donors (Lipinski definition) is 0. The molecule has 9 nitrogen and oxygen atoms in total. The van der Waals surface area contributed by atoms with Crippen LogP contribution in [0.25, 0.3) is 0 Å². The van der Waals surface area contributed by atoms with E-state index in [9.17, 15) is 28.6 Å². The molecule has 0 N–H and O–H groups in total. The van der Waals surface area contributed by atoms with Crippen LogP contribution in [-0.2, 0) is 26.0 Å². The van der Waals surface area contributed by atoms with Gasteiger partial charge in [-0.1, -0.05) is 18.2 Å². The third kappa shape index (κ3) is 4.79. The number of nitriles is 1. The SMILES string of the molecule is CC(C)(C)OC(=O)C1CC(N(C2CCc3cc(C#N)ccc32)S(=O)(=O)c2ccccc2[N+](=O)[O-])C1. The number of carbonyl (C=O) groups is 1. The second-order valence-electron chi connectivity index (χ2n) is 10.00. The Morgan fingerprint density at radius 2 is 1.89 bits per heavy atom. The van der Waals surface area contributed by atoms with Crippen molar-refractivity contribution in [2.45, 2.75) is 69.0 Å². The zero-order valence-corrected chi connectivity index (χ0v) is 20.6.